The fourth-order valence-electron chi connectivity index (χ4n) is 1.26. The smallest absolute Gasteiger partial charge is 0.258 e. The fourth-order valence-corrected chi connectivity index (χ4v) is 2.38. The van der Waals surface area contributed by atoms with Crippen molar-refractivity contribution in [1.29, 1.82) is 0 Å². The third kappa shape index (κ3) is 2.67. The summed E-state index contributed by atoms with van der Waals surface area (Å²) >= 11 is 0. The Kier molecular flexibility index (Phi) is 3.62. The van der Waals surface area contributed by atoms with Crippen molar-refractivity contribution in [2.75, 3.05) is 0 Å². The number of hydrogen-bond donors (Lipinski definition) is 0. The summed E-state index contributed by atoms with van der Waals surface area (Å²) in [5.41, 5.74) is -2.46. The zero-order valence-corrected chi connectivity index (χ0v) is 9.80. The Balaban J connectivity index is 3.67. The fraction of sp³-hybridized carbons (Fsp3) is 0.286. The van der Waals surface area contributed by atoms with E-state index in [0.29, 0.717) is 6.20 Å². The Morgan fingerprint density at radius 1 is 1.53 bits per heavy atom. The Bertz CT molecular complexity index is 575. The van der Waals surface area contributed by atoms with Crippen LogP contribution in [0.4, 0.5) is 14.5 Å². The van der Waals surface area contributed by atoms with Gasteiger partial charge in [0.05, 0.1) is 4.92 Å². The number of aromatic nitrogens is 1. The van der Waals surface area contributed by atoms with Crippen LogP contribution in [0, 0.1) is 17.0 Å². The predicted octanol–water partition coefficient (Wildman–Crippen LogP) is 2.16. The maximum absolute atomic E-state index is 12.6. The molecule has 1 aromatic rings. The molecule has 0 aromatic carbocycles. The molecular weight excluding hydrogens is 282 g/mol. The summed E-state index contributed by atoms with van der Waals surface area (Å²) in [6.07, 6.45) is -2.75. The minimum absolute atomic E-state index is 0.448. The normalized spacial score (nSPS) is 11.8. The van der Waals surface area contributed by atoms with E-state index < -0.39 is 42.2 Å². The molecule has 0 aliphatic carbocycles. The van der Waals surface area contributed by atoms with Crippen LogP contribution >= 0.6 is 10.7 Å². The Morgan fingerprint density at radius 3 is 2.41 bits per heavy atom. The van der Waals surface area contributed by atoms with Gasteiger partial charge in [-0.3, -0.25) is 10.1 Å². The van der Waals surface area contributed by atoms with Crippen LogP contribution < -0.4 is 0 Å². The summed E-state index contributed by atoms with van der Waals surface area (Å²) in [6.45, 7) is 0.983. The molecule has 0 amide bonds. The van der Waals surface area contributed by atoms with Crippen LogP contribution in [0.5, 0.6) is 0 Å². The lowest BCUT2D eigenvalue weighted by molar-refractivity contribution is -0.386. The summed E-state index contributed by atoms with van der Waals surface area (Å²) in [5.74, 6) is 0. The van der Waals surface area contributed by atoms with Gasteiger partial charge in [-0.1, -0.05) is 0 Å². The third-order valence-corrected chi connectivity index (χ3v) is 3.26. The summed E-state index contributed by atoms with van der Waals surface area (Å²) in [5, 5.41) is 9.68. The first-order chi connectivity index (χ1) is 7.66. The van der Waals surface area contributed by atoms with Crippen LogP contribution in [0.25, 0.3) is 0 Å². The molecule has 94 valence electrons. The molecule has 1 heterocycles. The number of nitro groups is 1. The highest BCUT2D eigenvalue weighted by Gasteiger charge is 2.30. The number of pyridine rings is 1. The van der Waals surface area contributed by atoms with E-state index >= 15 is 0 Å². The molecule has 1 aromatic heterocycles. The SMILES string of the molecule is Cc1c(S(=O)(=O)Cl)ncc([N+](=O)[O-])c1C(F)F. The molecule has 0 bridgehead atoms. The first kappa shape index (κ1) is 13.7. The molecule has 0 saturated carbocycles. The van der Waals surface area contributed by atoms with Crippen molar-refractivity contribution in [3.63, 3.8) is 0 Å². The van der Waals surface area contributed by atoms with E-state index in [-0.39, 0.29) is 0 Å². The molecule has 0 saturated heterocycles. The molecule has 0 aliphatic heterocycles. The summed E-state index contributed by atoms with van der Waals surface area (Å²) in [7, 11) is 0.641. The summed E-state index contributed by atoms with van der Waals surface area (Å²) < 4.78 is 47.3. The molecule has 0 aliphatic rings. The number of alkyl halides is 2. The number of rotatable bonds is 3. The highest BCUT2D eigenvalue weighted by Crippen LogP contribution is 2.34. The second-order valence-electron chi connectivity index (χ2n) is 2.98. The maximum Gasteiger partial charge on any atom is 0.296 e. The molecule has 0 fully saturated rings. The predicted molar refractivity (Wildman–Crippen MR) is 53.6 cm³/mol. The Morgan fingerprint density at radius 2 is 2.06 bits per heavy atom. The van der Waals surface area contributed by atoms with Gasteiger partial charge in [-0.2, -0.15) is 0 Å². The van der Waals surface area contributed by atoms with Crippen molar-refractivity contribution >= 4 is 25.4 Å². The molecule has 0 unspecified atom stereocenters. The monoisotopic (exact) mass is 286 g/mol. The molecule has 0 N–H and O–H groups in total. The zero-order chi connectivity index (χ0) is 13.4. The third-order valence-electron chi connectivity index (χ3n) is 1.95. The topological polar surface area (TPSA) is 90.2 Å². The van der Waals surface area contributed by atoms with Crippen molar-refractivity contribution in [3.8, 4) is 0 Å². The molecule has 17 heavy (non-hydrogen) atoms. The van der Waals surface area contributed by atoms with Crippen molar-refractivity contribution in [2.45, 2.75) is 18.4 Å². The van der Waals surface area contributed by atoms with Crippen molar-refractivity contribution in [2.24, 2.45) is 0 Å². The van der Waals surface area contributed by atoms with Crippen LogP contribution in [-0.4, -0.2) is 18.3 Å². The first-order valence-corrected chi connectivity index (χ1v) is 6.34. The quantitative estimate of drug-likeness (QED) is 0.482. The van der Waals surface area contributed by atoms with Crippen molar-refractivity contribution < 1.29 is 22.1 Å². The average molecular weight is 287 g/mol. The van der Waals surface area contributed by atoms with Crippen molar-refractivity contribution in [3.05, 3.63) is 27.4 Å². The van der Waals surface area contributed by atoms with Gasteiger partial charge < -0.3 is 0 Å². The van der Waals surface area contributed by atoms with E-state index in [9.17, 15) is 27.3 Å². The highest BCUT2D eigenvalue weighted by atomic mass is 35.7. The van der Waals surface area contributed by atoms with Crippen molar-refractivity contribution in [1.82, 2.24) is 4.98 Å². The van der Waals surface area contributed by atoms with Gasteiger partial charge in [-0.25, -0.2) is 22.2 Å². The molecular formula is C7H5ClF2N2O4S. The highest BCUT2D eigenvalue weighted by molar-refractivity contribution is 8.13. The van der Waals surface area contributed by atoms with Gasteiger partial charge in [0.1, 0.15) is 11.8 Å². The van der Waals surface area contributed by atoms with Crippen LogP contribution in [0.3, 0.4) is 0 Å². The van der Waals surface area contributed by atoms with Gasteiger partial charge in [-0.15, -0.1) is 0 Å². The van der Waals surface area contributed by atoms with Crippen LogP contribution in [-0.2, 0) is 9.05 Å². The summed E-state index contributed by atoms with van der Waals surface area (Å²) in [4.78, 5) is 12.6. The maximum atomic E-state index is 12.6. The van der Waals surface area contributed by atoms with E-state index in [4.69, 9.17) is 10.7 Å². The van der Waals surface area contributed by atoms with E-state index in [0.717, 1.165) is 6.92 Å². The van der Waals surface area contributed by atoms with Gasteiger partial charge in [0.2, 0.25) is 0 Å². The molecule has 6 nitrogen and oxygen atoms in total. The Hall–Kier alpha value is -1.35. The second kappa shape index (κ2) is 4.49. The van der Waals surface area contributed by atoms with Crippen LogP contribution in [0.1, 0.15) is 17.6 Å². The van der Waals surface area contributed by atoms with Gasteiger partial charge in [0, 0.05) is 16.2 Å². The van der Waals surface area contributed by atoms with Crippen LogP contribution in [0.15, 0.2) is 11.2 Å². The first-order valence-electron chi connectivity index (χ1n) is 4.03. The van der Waals surface area contributed by atoms with Crippen LogP contribution in [0.2, 0.25) is 0 Å². The van der Waals surface area contributed by atoms with E-state index in [1.165, 1.54) is 0 Å². The van der Waals surface area contributed by atoms with E-state index in [1.54, 1.807) is 0 Å². The summed E-state index contributed by atoms with van der Waals surface area (Å²) in [6, 6.07) is 0. The average Bonchev–Trinajstić information content (AvgIpc) is 2.13. The number of nitrogens with zero attached hydrogens (tertiary/aromatic N) is 2. The molecule has 10 heteroatoms. The minimum Gasteiger partial charge on any atom is -0.258 e. The standard InChI is InChI=1S/C7H5ClF2N2O4S/c1-3-5(6(9)10)4(12(13)14)2-11-7(3)17(8,15)16/h2,6H,1H3. The lowest BCUT2D eigenvalue weighted by Gasteiger charge is -2.07. The van der Waals surface area contributed by atoms with E-state index in [2.05, 4.69) is 4.98 Å². The molecule has 0 radical (unpaired) electrons. The van der Waals surface area contributed by atoms with E-state index in [1.807, 2.05) is 0 Å². The largest absolute Gasteiger partial charge is 0.296 e. The second-order valence-corrected chi connectivity index (χ2v) is 5.46. The van der Waals surface area contributed by atoms with Gasteiger partial charge in [0.25, 0.3) is 21.2 Å². The van der Waals surface area contributed by atoms with Gasteiger partial charge >= 0.3 is 0 Å². The minimum atomic E-state index is -4.33. The molecule has 0 atom stereocenters. The van der Waals surface area contributed by atoms with Gasteiger partial charge in [0.15, 0.2) is 5.03 Å². The zero-order valence-electron chi connectivity index (χ0n) is 8.22. The molecule has 0 spiro atoms. The Labute approximate surface area is 98.8 Å². The van der Waals surface area contributed by atoms with Gasteiger partial charge in [-0.05, 0) is 6.92 Å². The molecule has 1 rings (SSSR count). The lowest BCUT2D eigenvalue weighted by atomic mass is 10.1. The number of halogens is 3. The number of hydrogen-bond acceptors (Lipinski definition) is 5. The lowest BCUT2D eigenvalue weighted by Crippen LogP contribution is -2.06.